The number of nitrogens with two attached hydrogens (primary N) is 1. The number of rotatable bonds is 12. The van der Waals surface area contributed by atoms with E-state index < -0.39 is 0 Å². The molecule has 0 saturated carbocycles. The number of hydrogen-bond donors (Lipinski definition) is 1. The lowest BCUT2D eigenvalue weighted by Crippen LogP contribution is -2.20. The molecule has 1 rings (SSSR count). The van der Waals surface area contributed by atoms with Crippen molar-refractivity contribution in [2.45, 2.75) is 13.0 Å². The molecule has 0 saturated heterocycles. The summed E-state index contributed by atoms with van der Waals surface area (Å²) in [5.74, 6) is 0. The maximum Gasteiger partial charge on any atom is 0.0701 e. The van der Waals surface area contributed by atoms with Crippen molar-refractivity contribution in [3.05, 3.63) is 35.4 Å². The second-order valence-corrected chi connectivity index (χ2v) is 4.76. The summed E-state index contributed by atoms with van der Waals surface area (Å²) >= 11 is 0. The van der Waals surface area contributed by atoms with Crippen LogP contribution in [0.15, 0.2) is 24.3 Å². The number of benzene rings is 1. The fourth-order valence-corrected chi connectivity index (χ4v) is 1.88. The number of methoxy groups -OCH3 is 1. The molecule has 0 aliphatic carbocycles. The van der Waals surface area contributed by atoms with Crippen LogP contribution in [0.1, 0.15) is 17.2 Å². The van der Waals surface area contributed by atoms with Crippen molar-refractivity contribution in [2.24, 2.45) is 5.73 Å². The van der Waals surface area contributed by atoms with Gasteiger partial charge in [0.15, 0.2) is 0 Å². The van der Waals surface area contributed by atoms with E-state index in [2.05, 4.69) is 13.0 Å². The van der Waals surface area contributed by atoms with Gasteiger partial charge in [-0.25, -0.2) is 0 Å². The summed E-state index contributed by atoms with van der Waals surface area (Å²) in [5.41, 5.74) is 8.43. The SMILES string of the molecule is COCCOCCOCCOCC(N)c1ccccc1C. The molecule has 5 nitrogen and oxygen atoms in total. The molecule has 0 radical (unpaired) electrons. The molecule has 0 spiro atoms. The molecular formula is C16H27NO4. The molecular weight excluding hydrogens is 270 g/mol. The van der Waals surface area contributed by atoms with Crippen LogP contribution in [0.5, 0.6) is 0 Å². The monoisotopic (exact) mass is 297 g/mol. The standard InChI is InChI=1S/C16H27NO4/c1-14-5-3-4-6-15(14)16(17)13-21-12-11-20-10-9-19-8-7-18-2/h3-6,16H,7-13,17H2,1-2H3. The van der Waals surface area contributed by atoms with Gasteiger partial charge in [0, 0.05) is 7.11 Å². The average Bonchev–Trinajstić information content (AvgIpc) is 2.49. The Hall–Kier alpha value is -0.980. The van der Waals surface area contributed by atoms with Crippen LogP contribution in [0, 0.1) is 6.92 Å². The molecule has 1 atom stereocenters. The largest absolute Gasteiger partial charge is 0.382 e. The topological polar surface area (TPSA) is 62.9 Å². The minimum atomic E-state index is -0.0939. The van der Waals surface area contributed by atoms with Crippen LogP contribution in [-0.2, 0) is 18.9 Å². The van der Waals surface area contributed by atoms with Gasteiger partial charge in [-0.3, -0.25) is 0 Å². The molecule has 1 unspecified atom stereocenters. The normalized spacial score (nSPS) is 12.5. The molecule has 0 aliphatic heterocycles. The van der Waals surface area contributed by atoms with E-state index in [1.807, 2.05) is 18.2 Å². The number of aryl methyl sites for hydroxylation is 1. The highest BCUT2D eigenvalue weighted by Gasteiger charge is 2.07. The predicted octanol–water partition coefficient (Wildman–Crippen LogP) is 1.69. The van der Waals surface area contributed by atoms with E-state index in [4.69, 9.17) is 24.7 Å². The van der Waals surface area contributed by atoms with E-state index in [9.17, 15) is 0 Å². The summed E-state index contributed by atoms with van der Waals surface area (Å²) in [4.78, 5) is 0. The van der Waals surface area contributed by atoms with Gasteiger partial charge in [-0.05, 0) is 18.1 Å². The molecule has 21 heavy (non-hydrogen) atoms. The van der Waals surface area contributed by atoms with E-state index in [-0.39, 0.29) is 6.04 Å². The third-order valence-corrected chi connectivity index (χ3v) is 3.06. The van der Waals surface area contributed by atoms with E-state index in [0.29, 0.717) is 46.2 Å². The van der Waals surface area contributed by atoms with Crippen molar-refractivity contribution in [3.63, 3.8) is 0 Å². The van der Waals surface area contributed by atoms with Crippen molar-refractivity contribution >= 4 is 0 Å². The Kier molecular flexibility index (Phi) is 10.0. The van der Waals surface area contributed by atoms with Crippen molar-refractivity contribution in [1.29, 1.82) is 0 Å². The van der Waals surface area contributed by atoms with Gasteiger partial charge in [0.25, 0.3) is 0 Å². The van der Waals surface area contributed by atoms with Gasteiger partial charge in [-0.2, -0.15) is 0 Å². The fraction of sp³-hybridized carbons (Fsp3) is 0.625. The van der Waals surface area contributed by atoms with Crippen LogP contribution in [0.2, 0.25) is 0 Å². The van der Waals surface area contributed by atoms with Gasteiger partial charge in [0.2, 0.25) is 0 Å². The average molecular weight is 297 g/mol. The summed E-state index contributed by atoms with van der Waals surface area (Å²) in [6.45, 7) is 6.00. The summed E-state index contributed by atoms with van der Waals surface area (Å²) in [6, 6.07) is 8.01. The Labute approximate surface area is 127 Å². The summed E-state index contributed by atoms with van der Waals surface area (Å²) in [6.07, 6.45) is 0. The summed E-state index contributed by atoms with van der Waals surface area (Å²) < 4.78 is 21.1. The van der Waals surface area contributed by atoms with Crippen molar-refractivity contribution in [1.82, 2.24) is 0 Å². The lowest BCUT2D eigenvalue weighted by atomic mass is 10.0. The van der Waals surface area contributed by atoms with Crippen molar-refractivity contribution < 1.29 is 18.9 Å². The van der Waals surface area contributed by atoms with Crippen LogP contribution >= 0.6 is 0 Å². The first-order valence-electron chi connectivity index (χ1n) is 7.29. The zero-order valence-electron chi connectivity index (χ0n) is 13.0. The highest BCUT2D eigenvalue weighted by Crippen LogP contribution is 2.15. The van der Waals surface area contributed by atoms with Gasteiger partial charge in [-0.1, -0.05) is 24.3 Å². The maximum atomic E-state index is 6.11. The summed E-state index contributed by atoms with van der Waals surface area (Å²) in [7, 11) is 1.65. The number of ether oxygens (including phenoxy) is 4. The molecule has 0 aliphatic rings. The van der Waals surface area contributed by atoms with Crippen LogP contribution < -0.4 is 5.73 Å². The van der Waals surface area contributed by atoms with Crippen molar-refractivity contribution in [2.75, 3.05) is 53.4 Å². The molecule has 2 N–H and O–H groups in total. The zero-order valence-corrected chi connectivity index (χ0v) is 13.0. The smallest absolute Gasteiger partial charge is 0.0701 e. The minimum Gasteiger partial charge on any atom is -0.382 e. The zero-order chi connectivity index (χ0) is 15.3. The first kappa shape index (κ1) is 18.1. The third-order valence-electron chi connectivity index (χ3n) is 3.06. The van der Waals surface area contributed by atoms with Crippen LogP contribution in [0.25, 0.3) is 0 Å². The summed E-state index contributed by atoms with van der Waals surface area (Å²) in [5, 5.41) is 0. The number of hydrogen-bond acceptors (Lipinski definition) is 5. The quantitative estimate of drug-likeness (QED) is 0.595. The predicted molar refractivity (Wildman–Crippen MR) is 82.4 cm³/mol. The molecule has 0 heterocycles. The van der Waals surface area contributed by atoms with E-state index in [1.165, 1.54) is 5.56 Å². The lowest BCUT2D eigenvalue weighted by Gasteiger charge is -2.15. The first-order valence-corrected chi connectivity index (χ1v) is 7.29. The van der Waals surface area contributed by atoms with E-state index in [1.54, 1.807) is 7.11 Å². The van der Waals surface area contributed by atoms with Gasteiger partial charge < -0.3 is 24.7 Å². The van der Waals surface area contributed by atoms with Gasteiger partial charge in [0.05, 0.1) is 52.3 Å². The third kappa shape index (κ3) is 8.14. The second kappa shape index (κ2) is 11.7. The van der Waals surface area contributed by atoms with Gasteiger partial charge in [-0.15, -0.1) is 0 Å². The van der Waals surface area contributed by atoms with Crippen molar-refractivity contribution in [3.8, 4) is 0 Å². The van der Waals surface area contributed by atoms with Gasteiger partial charge >= 0.3 is 0 Å². The Balaban J connectivity index is 1.98. The molecule has 120 valence electrons. The molecule has 1 aromatic carbocycles. The fourth-order valence-electron chi connectivity index (χ4n) is 1.88. The Morgan fingerprint density at radius 3 is 2.10 bits per heavy atom. The van der Waals surface area contributed by atoms with E-state index in [0.717, 1.165) is 5.56 Å². The minimum absolute atomic E-state index is 0.0939. The highest BCUT2D eigenvalue weighted by atomic mass is 16.6. The molecule has 5 heteroatoms. The van der Waals surface area contributed by atoms with Crippen LogP contribution in [0.3, 0.4) is 0 Å². The lowest BCUT2D eigenvalue weighted by molar-refractivity contribution is 0.00193. The molecule has 0 amide bonds. The maximum absolute atomic E-state index is 6.11. The van der Waals surface area contributed by atoms with Gasteiger partial charge in [0.1, 0.15) is 0 Å². The molecule has 0 aromatic heterocycles. The molecule has 1 aromatic rings. The first-order chi connectivity index (χ1) is 10.3. The van der Waals surface area contributed by atoms with E-state index >= 15 is 0 Å². The Morgan fingerprint density at radius 2 is 1.48 bits per heavy atom. The highest BCUT2D eigenvalue weighted by molar-refractivity contribution is 5.28. The molecule has 0 fully saturated rings. The second-order valence-electron chi connectivity index (χ2n) is 4.76. The molecule has 0 bridgehead atoms. The Bertz CT molecular complexity index is 373. The van der Waals surface area contributed by atoms with Crippen LogP contribution in [-0.4, -0.2) is 53.4 Å². The Morgan fingerprint density at radius 1 is 0.905 bits per heavy atom. The van der Waals surface area contributed by atoms with Crippen LogP contribution in [0.4, 0.5) is 0 Å².